The predicted octanol–water partition coefficient (Wildman–Crippen LogP) is 3.58. The van der Waals surface area contributed by atoms with Gasteiger partial charge < -0.3 is 13.9 Å². The van der Waals surface area contributed by atoms with Crippen LogP contribution < -0.4 is 4.74 Å². The number of methoxy groups -OCH3 is 1. The van der Waals surface area contributed by atoms with E-state index in [9.17, 15) is 4.79 Å². The lowest BCUT2D eigenvalue weighted by Gasteiger charge is -2.03. The third-order valence-electron chi connectivity index (χ3n) is 3.30. The fraction of sp³-hybridized carbons (Fsp3) is 0.167. The highest BCUT2D eigenvalue weighted by Crippen LogP contribution is 2.24. The number of esters is 1. The monoisotopic (exact) mass is 356 g/mol. The molecule has 0 saturated carbocycles. The standard InChI is InChI=1S/C18H16N2O4S/c1-22-15-9-7-14(8-10-15)17-19-20-18(24-17)25-12-16(21)23-11-13-5-3-2-4-6-13/h2-10H,11-12H2,1H3. The van der Waals surface area contributed by atoms with Crippen molar-refractivity contribution in [3.63, 3.8) is 0 Å². The second-order valence-electron chi connectivity index (χ2n) is 5.04. The summed E-state index contributed by atoms with van der Waals surface area (Å²) in [6, 6.07) is 16.8. The van der Waals surface area contributed by atoms with Gasteiger partial charge in [-0.05, 0) is 29.8 Å². The first kappa shape index (κ1) is 17.0. The van der Waals surface area contributed by atoms with Crippen molar-refractivity contribution in [1.29, 1.82) is 0 Å². The van der Waals surface area contributed by atoms with Crippen LogP contribution in [0.3, 0.4) is 0 Å². The van der Waals surface area contributed by atoms with Gasteiger partial charge >= 0.3 is 5.97 Å². The van der Waals surface area contributed by atoms with Crippen molar-refractivity contribution in [3.05, 3.63) is 60.2 Å². The van der Waals surface area contributed by atoms with E-state index < -0.39 is 0 Å². The third kappa shape index (κ3) is 4.84. The quantitative estimate of drug-likeness (QED) is 0.473. The van der Waals surface area contributed by atoms with Crippen LogP contribution >= 0.6 is 11.8 Å². The van der Waals surface area contributed by atoms with Crippen molar-refractivity contribution in [1.82, 2.24) is 10.2 Å². The Kier molecular flexibility index (Phi) is 5.69. The Hall–Kier alpha value is -2.80. The van der Waals surface area contributed by atoms with Gasteiger partial charge in [-0.2, -0.15) is 0 Å². The molecule has 2 aromatic carbocycles. The Morgan fingerprint density at radius 3 is 2.56 bits per heavy atom. The number of ether oxygens (including phenoxy) is 2. The molecule has 1 heterocycles. The van der Waals surface area contributed by atoms with Gasteiger partial charge in [0.05, 0.1) is 7.11 Å². The van der Waals surface area contributed by atoms with Crippen molar-refractivity contribution in [3.8, 4) is 17.2 Å². The summed E-state index contributed by atoms with van der Waals surface area (Å²) >= 11 is 1.15. The molecule has 0 aliphatic carbocycles. The van der Waals surface area contributed by atoms with Gasteiger partial charge in [0.25, 0.3) is 5.22 Å². The van der Waals surface area contributed by atoms with Crippen LogP contribution in [0.25, 0.3) is 11.5 Å². The van der Waals surface area contributed by atoms with E-state index in [1.807, 2.05) is 54.6 Å². The molecule has 0 aliphatic heterocycles. The third-order valence-corrected chi connectivity index (χ3v) is 4.09. The molecule has 3 aromatic rings. The number of carbonyl (C=O) groups excluding carboxylic acids is 1. The van der Waals surface area contributed by atoms with E-state index in [1.54, 1.807) is 7.11 Å². The molecule has 0 aliphatic rings. The SMILES string of the molecule is COc1ccc(-c2nnc(SCC(=O)OCc3ccccc3)o2)cc1. The number of nitrogens with zero attached hydrogens (tertiary/aromatic N) is 2. The molecule has 25 heavy (non-hydrogen) atoms. The number of aromatic nitrogens is 2. The Labute approximate surface area is 149 Å². The maximum atomic E-state index is 11.8. The highest BCUT2D eigenvalue weighted by Gasteiger charge is 2.12. The molecule has 0 N–H and O–H groups in total. The van der Waals surface area contributed by atoms with Crippen molar-refractivity contribution >= 4 is 17.7 Å². The fourth-order valence-corrected chi connectivity index (χ4v) is 2.58. The van der Waals surface area contributed by atoms with Crippen LogP contribution in [0.4, 0.5) is 0 Å². The van der Waals surface area contributed by atoms with E-state index in [-0.39, 0.29) is 18.3 Å². The zero-order valence-electron chi connectivity index (χ0n) is 13.5. The smallest absolute Gasteiger partial charge is 0.316 e. The van der Waals surface area contributed by atoms with Crippen LogP contribution in [0.5, 0.6) is 5.75 Å². The maximum Gasteiger partial charge on any atom is 0.316 e. The number of rotatable bonds is 7. The lowest BCUT2D eigenvalue weighted by atomic mass is 10.2. The second kappa shape index (κ2) is 8.34. The highest BCUT2D eigenvalue weighted by atomic mass is 32.2. The summed E-state index contributed by atoms with van der Waals surface area (Å²) in [4.78, 5) is 11.8. The molecule has 0 bridgehead atoms. The van der Waals surface area contributed by atoms with Crippen molar-refractivity contribution in [2.45, 2.75) is 11.8 Å². The maximum absolute atomic E-state index is 11.8. The summed E-state index contributed by atoms with van der Waals surface area (Å²) in [7, 11) is 1.60. The summed E-state index contributed by atoms with van der Waals surface area (Å²) in [6.45, 7) is 0.251. The molecule has 7 heteroatoms. The molecule has 0 unspecified atom stereocenters. The molecule has 0 fully saturated rings. The van der Waals surface area contributed by atoms with Crippen LogP contribution in [-0.2, 0) is 16.1 Å². The topological polar surface area (TPSA) is 74.5 Å². The summed E-state index contributed by atoms with van der Waals surface area (Å²) in [5, 5.41) is 8.24. The summed E-state index contributed by atoms with van der Waals surface area (Å²) in [5.74, 6) is 0.914. The second-order valence-corrected chi connectivity index (χ2v) is 5.96. The number of hydrogen-bond acceptors (Lipinski definition) is 7. The van der Waals surface area contributed by atoms with Crippen molar-refractivity contribution < 1.29 is 18.7 Å². The largest absolute Gasteiger partial charge is 0.497 e. The summed E-state index contributed by atoms with van der Waals surface area (Å²) in [6.07, 6.45) is 0. The molecular formula is C18H16N2O4S. The molecular weight excluding hydrogens is 340 g/mol. The van der Waals surface area contributed by atoms with E-state index in [0.717, 1.165) is 28.6 Å². The minimum Gasteiger partial charge on any atom is -0.497 e. The van der Waals surface area contributed by atoms with Gasteiger partial charge in [-0.3, -0.25) is 4.79 Å². The van der Waals surface area contributed by atoms with E-state index in [1.165, 1.54) is 0 Å². The number of carbonyl (C=O) groups is 1. The zero-order valence-corrected chi connectivity index (χ0v) is 14.4. The lowest BCUT2D eigenvalue weighted by Crippen LogP contribution is -2.07. The molecule has 0 saturated heterocycles. The predicted molar refractivity (Wildman–Crippen MR) is 93.2 cm³/mol. The van der Waals surface area contributed by atoms with Gasteiger partial charge in [-0.25, -0.2) is 0 Å². The van der Waals surface area contributed by atoms with Gasteiger partial charge in [0.2, 0.25) is 5.89 Å². The van der Waals surface area contributed by atoms with E-state index in [0.29, 0.717) is 11.1 Å². The Balaban J connectivity index is 1.50. The first-order chi connectivity index (χ1) is 12.2. The van der Waals surface area contributed by atoms with Crippen molar-refractivity contribution in [2.24, 2.45) is 0 Å². The summed E-state index contributed by atoms with van der Waals surface area (Å²) in [5.41, 5.74) is 1.73. The van der Waals surface area contributed by atoms with E-state index in [4.69, 9.17) is 13.9 Å². The molecule has 0 spiro atoms. The minimum atomic E-state index is -0.335. The van der Waals surface area contributed by atoms with Crippen LogP contribution in [0, 0.1) is 0 Å². The molecule has 6 nitrogen and oxygen atoms in total. The Morgan fingerprint density at radius 1 is 1.08 bits per heavy atom. The molecule has 1 aromatic heterocycles. The average Bonchev–Trinajstić information content (AvgIpc) is 3.14. The van der Waals surface area contributed by atoms with E-state index >= 15 is 0 Å². The van der Waals surface area contributed by atoms with Crippen LogP contribution in [0.2, 0.25) is 0 Å². The van der Waals surface area contributed by atoms with E-state index in [2.05, 4.69) is 10.2 Å². The number of hydrogen-bond donors (Lipinski definition) is 0. The van der Waals surface area contributed by atoms with Gasteiger partial charge in [0.1, 0.15) is 18.1 Å². The highest BCUT2D eigenvalue weighted by molar-refractivity contribution is 7.99. The van der Waals surface area contributed by atoms with Crippen LogP contribution in [0.15, 0.2) is 64.2 Å². The van der Waals surface area contributed by atoms with Gasteiger partial charge in [-0.1, -0.05) is 42.1 Å². The molecule has 0 radical (unpaired) electrons. The first-order valence-corrected chi connectivity index (χ1v) is 8.53. The average molecular weight is 356 g/mol. The molecule has 3 rings (SSSR count). The molecule has 0 atom stereocenters. The normalized spacial score (nSPS) is 10.4. The first-order valence-electron chi connectivity index (χ1n) is 7.55. The van der Waals surface area contributed by atoms with Crippen molar-refractivity contribution in [2.75, 3.05) is 12.9 Å². The lowest BCUT2D eigenvalue weighted by molar-refractivity contribution is -0.141. The van der Waals surface area contributed by atoms with Gasteiger partial charge in [-0.15, -0.1) is 10.2 Å². The Morgan fingerprint density at radius 2 is 1.84 bits per heavy atom. The van der Waals surface area contributed by atoms with Gasteiger partial charge in [0.15, 0.2) is 0 Å². The van der Waals surface area contributed by atoms with Crippen LogP contribution in [-0.4, -0.2) is 29.0 Å². The van der Waals surface area contributed by atoms with Crippen LogP contribution in [0.1, 0.15) is 5.56 Å². The summed E-state index contributed by atoms with van der Waals surface area (Å²) < 4.78 is 15.9. The molecule has 0 amide bonds. The fourth-order valence-electron chi connectivity index (χ4n) is 2.02. The van der Waals surface area contributed by atoms with Gasteiger partial charge in [0, 0.05) is 5.56 Å². The Bertz CT molecular complexity index is 819. The molecule has 128 valence electrons. The number of thioether (sulfide) groups is 1. The minimum absolute atomic E-state index is 0.108. The zero-order chi connectivity index (χ0) is 17.5. The number of benzene rings is 2.